The maximum atomic E-state index is 6.10. The van der Waals surface area contributed by atoms with E-state index in [-0.39, 0.29) is 0 Å². The summed E-state index contributed by atoms with van der Waals surface area (Å²) in [7, 11) is 0. The second-order valence-electron chi connectivity index (χ2n) is 4.08. The summed E-state index contributed by atoms with van der Waals surface area (Å²) in [6.45, 7) is 1.06. The van der Waals surface area contributed by atoms with Gasteiger partial charge in [-0.25, -0.2) is 0 Å². The van der Waals surface area contributed by atoms with E-state index in [2.05, 4.69) is 0 Å². The number of nitrogens with two attached hydrogens (primary N) is 1. The maximum Gasteiger partial charge on any atom is 0.123 e. The molecule has 2 rings (SSSR count). The molecule has 2 aromatic carbocycles. The Hall–Kier alpha value is -0.870. The number of para-hydroxylation sites is 1. The molecule has 0 bridgehead atoms. The topological polar surface area (TPSA) is 35.2 Å². The highest BCUT2D eigenvalue weighted by Crippen LogP contribution is 2.29. The van der Waals surface area contributed by atoms with Gasteiger partial charge in [0.2, 0.25) is 0 Å². The Labute approximate surface area is 133 Å². The molecule has 0 aliphatic heterocycles. The lowest BCUT2D eigenvalue weighted by Gasteiger charge is -2.10. The monoisotopic (exact) mass is 327 g/mol. The van der Waals surface area contributed by atoms with Crippen LogP contribution in [0.4, 0.5) is 0 Å². The predicted octanol–water partition coefficient (Wildman–Crippen LogP) is 4.62. The van der Waals surface area contributed by atoms with E-state index >= 15 is 0 Å². The third-order valence-electron chi connectivity index (χ3n) is 2.68. The largest absolute Gasteiger partial charge is 0.492 e. The van der Waals surface area contributed by atoms with Crippen LogP contribution >= 0.6 is 35.0 Å². The van der Waals surface area contributed by atoms with E-state index in [1.165, 1.54) is 0 Å². The second-order valence-corrected chi connectivity index (χ2v) is 6.06. The van der Waals surface area contributed by atoms with Crippen LogP contribution in [0.25, 0.3) is 0 Å². The first-order valence-corrected chi connectivity index (χ1v) is 7.93. The zero-order valence-corrected chi connectivity index (χ0v) is 13.1. The second kappa shape index (κ2) is 7.79. The van der Waals surface area contributed by atoms with Crippen LogP contribution in [-0.4, -0.2) is 12.4 Å². The molecule has 2 N–H and O–H groups in total. The summed E-state index contributed by atoms with van der Waals surface area (Å²) in [4.78, 5) is 0.967. The Bertz CT molecular complexity index is 578. The van der Waals surface area contributed by atoms with Crippen LogP contribution in [0.1, 0.15) is 5.56 Å². The molecule has 0 unspecified atom stereocenters. The Morgan fingerprint density at radius 3 is 2.70 bits per heavy atom. The van der Waals surface area contributed by atoms with E-state index in [1.807, 2.05) is 30.3 Å². The molecule has 0 fully saturated rings. The normalized spacial score (nSPS) is 10.6. The fourth-order valence-corrected chi connectivity index (χ4v) is 3.03. The Morgan fingerprint density at radius 1 is 1.10 bits per heavy atom. The predicted molar refractivity (Wildman–Crippen MR) is 87.0 cm³/mol. The van der Waals surface area contributed by atoms with Crippen LogP contribution in [0.15, 0.2) is 47.4 Å². The molecule has 0 saturated heterocycles. The van der Waals surface area contributed by atoms with E-state index in [1.54, 1.807) is 23.9 Å². The van der Waals surface area contributed by atoms with Gasteiger partial charge in [0.15, 0.2) is 0 Å². The number of halogens is 2. The van der Waals surface area contributed by atoms with E-state index < -0.39 is 0 Å². The standard InChI is InChI=1S/C15H15Cl2NOS/c16-12-5-6-13(17)15(9-12)20-8-7-19-14-4-2-1-3-11(14)10-18/h1-6,9H,7-8,10,18H2. The molecule has 20 heavy (non-hydrogen) atoms. The van der Waals surface area contributed by atoms with Gasteiger partial charge in [0.05, 0.1) is 11.6 Å². The SMILES string of the molecule is NCc1ccccc1OCCSc1cc(Cl)ccc1Cl. The molecule has 0 radical (unpaired) electrons. The Balaban J connectivity index is 1.86. The van der Waals surface area contributed by atoms with E-state index in [4.69, 9.17) is 33.7 Å². The fourth-order valence-electron chi connectivity index (χ4n) is 1.70. The minimum absolute atomic E-state index is 0.476. The third-order valence-corrected chi connectivity index (χ3v) is 4.38. The Kier molecular flexibility index (Phi) is 6.05. The molecule has 0 spiro atoms. The van der Waals surface area contributed by atoms with Crippen molar-refractivity contribution in [1.29, 1.82) is 0 Å². The first-order valence-electron chi connectivity index (χ1n) is 6.19. The lowest BCUT2D eigenvalue weighted by molar-refractivity contribution is 0.340. The summed E-state index contributed by atoms with van der Waals surface area (Å²) in [5.41, 5.74) is 6.68. The molecule has 0 amide bonds. The number of rotatable bonds is 6. The number of thioether (sulfide) groups is 1. The molecule has 106 valence electrons. The first-order chi connectivity index (χ1) is 9.70. The van der Waals surface area contributed by atoms with Crippen LogP contribution < -0.4 is 10.5 Å². The van der Waals surface area contributed by atoms with Crippen molar-refractivity contribution < 1.29 is 4.74 Å². The van der Waals surface area contributed by atoms with Crippen LogP contribution in [-0.2, 0) is 6.54 Å². The molecule has 2 nitrogen and oxygen atoms in total. The average molecular weight is 328 g/mol. The lowest BCUT2D eigenvalue weighted by atomic mass is 10.2. The van der Waals surface area contributed by atoms with Crippen molar-refractivity contribution in [1.82, 2.24) is 0 Å². The van der Waals surface area contributed by atoms with Crippen molar-refractivity contribution >= 4 is 35.0 Å². The van der Waals surface area contributed by atoms with Crippen molar-refractivity contribution in [3.05, 3.63) is 58.1 Å². The molecule has 0 aliphatic rings. The van der Waals surface area contributed by atoms with Gasteiger partial charge in [-0.05, 0) is 24.3 Å². The summed E-state index contributed by atoms with van der Waals surface area (Å²) in [6, 6.07) is 13.2. The van der Waals surface area contributed by atoms with Crippen molar-refractivity contribution in [2.75, 3.05) is 12.4 Å². The summed E-state index contributed by atoms with van der Waals surface area (Å²) >= 11 is 13.7. The van der Waals surface area contributed by atoms with Crippen LogP contribution in [0.2, 0.25) is 10.0 Å². The smallest absolute Gasteiger partial charge is 0.123 e. The molecular weight excluding hydrogens is 313 g/mol. The molecule has 0 aliphatic carbocycles. The van der Waals surface area contributed by atoms with Crippen molar-refractivity contribution in [2.24, 2.45) is 5.73 Å². The third kappa shape index (κ3) is 4.32. The molecular formula is C15H15Cl2NOS. The number of hydrogen-bond acceptors (Lipinski definition) is 3. The van der Waals surface area contributed by atoms with Gasteiger partial charge in [0, 0.05) is 27.8 Å². The highest BCUT2D eigenvalue weighted by atomic mass is 35.5. The van der Waals surface area contributed by atoms with Crippen LogP contribution in [0, 0.1) is 0 Å². The quantitative estimate of drug-likeness (QED) is 0.620. The van der Waals surface area contributed by atoms with Crippen molar-refractivity contribution in [2.45, 2.75) is 11.4 Å². The zero-order valence-electron chi connectivity index (χ0n) is 10.8. The van der Waals surface area contributed by atoms with Gasteiger partial charge >= 0.3 is 0 Å². The minimum Gasteiger partial charge on any atom is -0.492 e. The molecule has 2 aromatic rings. The van der Waals surface area contributed by atoms with E-state index in [0.717, 1.165) is 22.0 Å². The summed E-state index contributed by atoms with van der Waals surface area (Å²) < 4.78 is 5.74. The highest BCUT2D eigenvalue weighted by Gasteiger charge is 2.04. The molecule has 0 atom stereocenters. The minimum atomic E-state index is 0.476. The zero-order chi connectivity index (χ0) is 14.4. The first kappa shape index (κ1) is 15.5. The van der Waals surface area contributed by atoms with Gasteiger partial charge in [-0.1, -0.05) is 41.4 Å². The van der Waals surface area contributed by atoms with Crippen molar-refractivity contribution in [3.8, 4) is 5.75 Å². The number of ether oxygens (including phenoxy) is 1. The average Bonchev–Trinajstić information content (AvgIpc) is 2.47. The highest BCUT2D eigenvalue weighted by molar-refractivity contribution is 7.99. The van der Waals surface area contributed by atoms with Gasteiger partial charge in [-0.3, -0.25) is 0 Å². The molecule has 0 aromatic heterocycles. The van der Waals surface area contributed by atoms with Gasteiger partial charge in [-0.2, -0.15) is 0 Å². The van der Waals surface area contributed by atoms with Crippen LogP contribution in [0.3, 0.4) is 0 Å². The molecule has 5 heteroatoms. The summed E-state index contributed by atoms with van der Waals surface area (Å²) in [5.74, 6) is 1.63. The van der Waals surface area contributed by atoms with Crippen molar-refractivity contribution in [3.63, 3.8) is 0 Å². The number of benzene rings is 2. The summed E-state index contributed by atoms with van der Waals surface area (Å²) in [6.07, 6.45) is 0. The van der Waals surface area contributed by atoms with Gasteiger partial charge in [0.1, 0.15) is 5.75 Å². The number of hydrogen-bond donors (Lipinski definition) is 1. The van der Waals surface area contributed by atoms with Gasteiger partial charge < -0.3 is 10.5 Å². The fraction of sp³-hybridized carbons (Fsp3) is 0.200. The van der Waals surface area contributed by atoms with Gasteiger partial charge in [0.25, 0.3) is 0 Å². The van der Waals surface area contributed by atoms with E-state index in [9.17, 15) is 0 Å². The van der Waals surface area contributed by atoms with E-state index in [0.29, 0.717) is 23.2 Å². The Morgan fingerprint density at radius 2 is 1.90 bits per heavy atom. The van der Waals surface area contributed by atoms with Crippen LogP contribution in [0.5, 0.6) is 5.75 Å². The molecule has 0 heterocycles. The van der Waals surface area contributed by atoms with Gasteiger partial charge in [-0.15, -0.1) is 11.8 Å². The lowest BCUT2D eigenvalue weighted by Crippen LogP contribution is -2.05. The summed E-state index contributed by atoms with van der Waals surface area (Å²) in [5, 5.41) is 1.40. The maximum absolute atomic E-state index is 6.10. The molecule has 0 saturated carbocycles.